The number of hydrogen-bond donors (Lipinski definition) is 1. The van der Waals surface area contributed by atoms with E-state index in [1.54, 1.807) is 4.90 Å². The van der Waals surface area contributed by atoms with E-state index >= 15 is 0 Å². The summed E-state index contributed by atoms with van der Waals surface area (Å²) in [7, 11) is 1.50. The van der Waals surface area contributed by atoms with Gasteiger partial charge in [0.1, 0.15) is 6.04 Å². The van der Waals surface area contributed by atoms with E-state index in [9.17, 15) is 35.9 Å². The summed E-state index contributed by atoms with van der Waals surface area (Å²) >= 11 is 0. The van der Waals surface area contributed by atoms with Gasteiger partial charge >= 0.3 is 12.4 Å². The lowest BCUT2D eigenvalue weighted by molar-refractivity contribution is -0.143. The SMILES string of the molecule is CN(CCc1cc(C(F)(F)F)cc(C(F)(F)F)c1)C(=O)C(c1ccccc1)N1CCC(NCC(=O)N2CCOCC2)CC1. The van der Waals surface area contributed by atoms with Crippen LogP contribution in [0.3, 0.4) is 0 Å². The highest BCUT2D eigenvalue weighted by molar-refractivity contribution is 5.83. The van der Waals surface area contributed by atoms with E-state index < -0.39 is 29.5 Å². The molecule has 1 N–H and O–H groups in total. The van der Waals surface area contributed by atoms with Gasteiger partial charge in [-0.25, -0.2) is 0 Å². The Morgan fingerprint density at radius 2 is 1.51 bits per heavy atom. The smallest absolute Gasteiger partial charge is 0.378 e. The first kappa shape index (κ1) is 32.7. The summed E-state index contributed by atoms with van der Waals surface area (Å²) in [5, 5.41) is 3.32. The minimum absolute atomic E-state index is 0.0211. The van der Waals surface area contributed by atoms with Crippen molar-refractivity contribution in [2.24, 2.45) is 0 Å². The van der Waals surface area contributed by atoms with Gasteiger partial charge in [-0.2, -0.15) is 26.3 Å². The summed E-state index contributed by atoms with van der Waals surface area (Å²) in [4.78, 5) is 31.4. The van der Waals surface area contributed by atoms with E-state index in [1.165, 1.54) is 11.9 Å². The van der Waals surface area contributed by atoms with Crippen molar-refractivity contribution in [2.75, 3.05) is 59.5 Å². The maximum absolute atomic E-state index is 13.7. The quantitative estimate of drug-likeness (QED) is 0.425. The lowest BCUT2D eigenvalue weighted by Gasteiger charge is -2.39. The number of piperidine rings is 1. The largest absolute Gasteiger partial charge is 0.416 e. The molecule has 13 heteroatoms. The van der Waals surface area contributed by atoms with Gasteiger partial charge in [0, 0.05) is 45.8 Å². The Kier molecular flexibility index (Phi) is 10.7. The fourth-order valence-corrected chi connectivity index (χ4v) is 5.44. The number of likely N-dealkylation sites (N-methyl/N-ethyl adjacent to an activating group) is 1. The second-order valence-electron chi connectivity index (χ2n) is 10.9. The molecule has 7 nitrogen and oxygen atoms in total. The van der Waals surface area contributed by atoms with Gasteiger partial charge in [0.2, 0.25) is 11.8 Å². The summed E-state index contributed by atoms with van der Waals surface area (Å²) in [6, 6.07) is 10.00. The molecule has 2 aliphatic rings. The summed E-state index contributed by atoms with van der Waals surface area (Å²) in [5.41, 5.74) is -2.17. The molecule has 0 aromatic heterocycles. The number of carbonyl (C=O) groups excluding carboxylic acids is 2. The number of alkyl halides is 6. The molecule has 0 aliphatic carbocycles. The van der Waals surface area contributed by atoms with E-state index in [0.717, 1.165) is 5.56 Å². The Labute approximate surface area is 246 Å². The Morgan fingerprint density at radius 1 is 0.930 bits per heavy atom. The number of hydrogen-bond acceptors (Lipinski definition) is 5. The van der Waals surface area contributed by atoms with Gasteiger partial charge in [-0.1, -0.05) is 30.3 Å². The molecule has 1 unspecified atom stereocenters. The molecular formula is C30H36F6N4O3. The zero-order chi connectivity index (χ0) is 31.2. The zero-order valence-electron chi connectivity index (χ0n) is 23.9. The van der Waals surface area contributed by atoms with E-state index in [2.05, 4.69) is 5.32 Å². The van der Waals surface area contributed by atoms with Gasteiger partial charge in [-0.05, 0) is 48.6 Å². The van der Waals surface area contributed by atoms with Crippen LogP contribution in [0.25, 0.3) is 0 Å². The third-order valence-electron chi connectivity index (χ3n) is 7.91. The number of nitrogens with zero attached hydrogens (tertiary/aromatic N) is 3. The van der Waals surface area contributed by atoms with Gasteiger partial charge in [0.15, 0.2) is 0 Å². The average molecular weight is 615 g/mol. The monoisotopic (exact) mass is 614 g/mol. The standard InChI is InChI=1S/C30H36F6N4O3/c1-38(10-7-21-17-23(29(31,32)33)19-24(18-21)30(34,35)36)28(42)27(22-5-3-2-4-6-22)40-11-8-25(9-12-40)37-20-26(41)39-13-15-43-16-14-39/h2-6,17-19,25,27,37H,7-16,20H2,1H3. The van der Waals surface area contributed by atoms with E-state index in [1.807, 2.05) is 35.2 Å². The van der Waals surface area contributed by atoms with Crippen LogP contribution in [0.2, 0.25) is 0 Å². The number of halogens is 6. The summed E-state index contributed by atoms with van der Waals surface area (Å²) in [6.45, 7) is 3.48. The normalized spacial score (nSPS) is 18.0. The first-order valence-corrected chi connectivity index (χ1v) is 14.2. The van der Waals surface area contributed by atoms with Gasteiger partial charge in [0.05, 0.1) is 30.9 Å². The van der Waals surface area contributed by atoms with Crippen LogP contribution in [0.5, 0.6) is 0 Å². The van der Waals surface area contributed by atoms with Crippen molar-refractivity contribution in [2.45, 2.75) is 43.7 Å². The predicted molar refractivity (Wildman–Crippen MR) is 147 cm³/mol. The summed E-state index contributed by atoms with van der Waals surface area (Å²) < 4.78 is 85.1. The van der Waals surface area contributed by atoms with Gasteiger partial charge in [-0.15, -0.1) is 0 Å². The average Bonchev–Trinajstić information content (AvgIpc) is 2.99. The minimum atomic E-state index is -4.94. The maximum atomic E-state index is 13.7. The minimum Gasteiger partial charge on any atom is -0.378 e. The molecule has 0 spiro atoms. The number of ether oxygens (including phenoxy) is 1. The van der Waals surface area contributed by atoms with Crippen LogP contribution in [0.15, 0.2) is 48.5 Å². The van der Waals surface area contributed by atoms with E-state index in [4.69, 9.17) is 4.74 Å². The van der Waals surface area contributed by atoms with Gasteiger partial charge in [-0.3, -0.25) is 14.5 Å². The number of carbonyl (C=O) groups is 2. The van der Waals surface area contributed by atoms with Crippen molar-refractivity contribution in [1.82, 2.24) is 20.0 Å². The molecule has 2 aromatic carbocycles. The molecule has 0 saturated carbocycles. The molecule has 4 rings (SSSR count). The second-order valence-corrected chi connectivity index (χ2v) is 10.9. The molecule has 1 atom stereocenters. The van der Waals surface area contributed by atoms with Crippen LogP contribution in [0, 0.1) is 0 Å². The van der Waals surface area contributed by atoms with Crippen LogP contribution in [0.4, 0.5) is 26.3 Å². The first-order chi connectivity index (χ1) is 20.3. The van der Waals surface area contributed by atoms with Crippen LogP contribution >= 0.6 is 0 Å². The second kappa shape index (κ2) is 14.1. The molecule has 43 heavy (non-hydrogen) atoms. The van der Waals surface area contributed by atoms with Crippen molar-refractivity contribution in [3.05, 3.63) is 70.8 Å². The molecule has 2 amide bonds. The third-order valence-corrected chi connectivity index (χ3v) is 7.91. The highest BCUT2D eigenvalue weighted by Crippen LogP contribution is 2.36. The molecule has 2 saturated heterocycles. The van der Waals surface area contributed by atoms with Gasteiger partial charge in [0.25, 0.3) is 0 Å². The lowest BCUT2D eigenvalue weighted by Crippen LogP contribution is -2.50. The number of amides is 2. The predicted octanol–water partition coefficient (Wildman–Crippen LogP) is 4.38. The van der Waals surface area contributed by atoms with Crippen molar-refractivity contribution >= 4 is 11.8 Å². The fourth-order valence-electron chi connectivity index (χ4n) is 5.44. The maximum Gasteiger partial charge on any atom is 0.416 e. The third kappa shape index (κ3) is 8.93. The van der Waals surface area contributed by atoms with Crippen LogP contribution in [-0.4, -0.2) is 92.1 Å². The number of likely N-dealkylation sites (tertiary alicyclic amines) is 1. The molecule has 0 radical (unpaired) electrons. The lowest BCUT2D eigenvalue weighted by atomic mass is 9.98. The molecule has 2 aliphatic heterocycles. The highest BCUT2D eigenvalue weighted by atomic mass is 19.4. The number of benzene rings is 2. The molecule has 0 bridgehead atoms. The van der Waals surface area contributed by atoms with Crippen molar-refractivity contribution in [3.8, 4) is 0 Å². The Hall–Kier alpha value is -3.16. The zero-order valence-corrected chi connectivity index (χ0v) is 23.9. The van der Waals surface area contributed by atoms with E-state index in [0.29, 0.717) is 64.4 Å². The Morgan fingerprint density at radius 3 is 2.07 bits per heavy atom. The fraction of sp³-hybridized carbons (Fsp3) is 0.533. The van der Waals surface area contributed by atoms with Crippen LogP contribution in [-0.2, 0) is 33.1 Å². The summed E-state index contributed by atoms with van der Waals surface area (Å²) in [6.07, 6.45) is -8.66. The molecule has 2 aromatic rings. The van der Waals surface area contributed by atoms with Gasteiger partial charge < -0.3 is 19.9 Å². The summed E-state index contributed by atoms with van der Waals surface area (Å²) in [5.74, 6) is -0.282. The Bertz CT molecular complexity index is 1190. The number of morpholine rings is 1. The molecular weight excluding hydrogens is 578 g/mol. The molecule has 2 fully saturated rings. The van der Waals surface area contributed by atoms with Crippen molar-refractivity contribution in [1.29, 1.82) is 0 Å². The van der Waals surface area contributed by atoms with Crippen LogP contribution < -0.4 is 5.32 Å². The first-order valence-electron chi connectivity index (χ1n) is 14.2. The van der Waals surface area contributed by atoms with Crippen molar-refractivity contribution < 1.29 is 40.7 Å². The highest BCUT2D eigenvalue weighted by Gasteiger charge is 2.37. The van der Waals surface area contributed by atoms with Crippen LogP contribution in [0.1, 0.15) is 41.1 Å². The topological polar surface area (TPSA) is 65.1 Å². The number of nitrogens with one attached hydrogen (secondary N) is 1. The molecule has 2 heterocycles. The molecule has 236 valence electrons. The van der Waals surface area contributed by atoms with E-state index in [-0.39, 0.29) is 49.0 Å². The Balaban J connectivity index is 1.40. The van der Waals surface area contributed by atoms with Crippen molar-refractivity contribution in [3.63, 3.8) is 0 Å². The number of rotatable bonds is 9.